The maximum atomic E-state index is 4.63. The zero-order valence-corrected chi connectivity index (χ0v) is 19.4. The third-order valence-electron chi connectivity index (χ3n) is 5.79. The molecule has 5 aromatic rings. The summed E-state index contributed by atoms with van der Waals surface area (Å²) in [5.74, 6) is 0. The topological polar surface area (TPSA) is 86.4 Å². The minimum absolute atomic E-state index is 0.819. The van der Waals surface area contributed by atoms with Crippen molar-refractivity contribution < 1.29 is 0 Å². The van der Waals surface area contributed by atoms with E-state index in [2.05, 4.69) is 54.9 Å². The second-order valence-electron chi connectivity index (χ2n) is 8.23. The SMILES string of the molecule is C=C(/C=c1/c(-c2cc3c(-c4cccnc4)nccc3[nH]2)n[nH]/c1=C/C)c1cncc(N(C)C)c1. The molecule has 5 rings (SSSR count). The number of fused-ring (bicyclic) bond motifs is 1. The number of hydrogen-bond acceptors (Lipinski definition) is 5. The highest BCUT2D eigenvalue weighted by Gasteiger charge is 2.13. The molecule has 0 amide bonds. The van der Waals surface area contributed by atoms with E-state index in [0.717, 1.165) is 60.9 Å². The summed E-state index contributed by atoms with van der Waals surface area (Å²) in [7, 11) is 3.99. The Morgan fingerprint density at radius 2 is 1.91 bits per heavy atom. The number of allylic oxidation sites excluding steroid dienone is 1. The number of nitrogens with one attached hydrogen (secondary N) is 2. The fraction of sp³-hybridized carbons (Fsp3) is 0.111. The molecular weight excluding hydrogens is 422 g/mol. The molecule has 0 aromatic carbocycles. The van der Waals surface area contributed by atoms with Gasteiger partial charge in [-0.25, -0.2) is 0 Å². The molecule has 34 heavy (non-hydrogen) atoms. The number of nitrogens with zero attached hydrogens (tertiary/aromatic N) is 5. The Morgan fingerprint density at radius 1 is 1.03 bits per heavy atom. The quantitative estimate of drug-likeness (QED) is 0.428. The Morgan fingerprint density at radius 3 is 2.68 bits per heavy atom. The van der Waals surface area contributed by atoms with E-state index in [0.29, 0.717) is 0 Å². The van der Waals surface area contributed by atoms with Crippen molar-refractivity contribution in [3.05, 3.63) is 84.0 Å². The van der Waals surface area contributed by atoms with Gasteiger partial charge in [0.15, 0.2) is 0 Å². The lowest BCUT2D eigenvalue weighted by atomic mass is 10.1. The average Bonchev–Trinajstić information content (AvgIpc) is 3.48. The highest BCUT2D eigenvalue weighted by Crippen LogP contribution is 2.29. The summed E-state index contributed by atoms with van der Waals surface area (Å²) < 4.78 is 0. The molecule has 0 fully saturated rings. The van der Waals surface area contributed by atoms with Gasteiger partial charge in [-0.05, 0) is 48.9 Å². The maximum absolute atomic E-state index is 4.63. The molecular formula is C27H25N7. The van der Waals surface area contributed by atoms with E-state index in [4.69, 9.17) is 0 Å². The van der Waals surface area contributed by atoms with Gasteiger partial charge in [0.2, 0.25) is 0 Å². The second-order valence-corrected chi connectivity index (χ2v) is 8.23. The molecule has 0 aliphatic carbocycles. The van der Waals surface area contributed by atoms with Crippen LogP contribution in [0.25, 0.3) is 51.3 Å². The third kappa shape index (κ3) is 3.88. The number of rotatable bonds is 5. The van der Waals surface area contributed by atoms with E-state index in [1.54, 1.807) is 12.4 Å². The number of aromatic amines is 2. The van der Waals surface area contributed by atoms with Crippen LogP contribution in [0.15, 0.2) is 67.9 Å². The third-order valence-corrected chi connectivity index (χ3v) is 5.79. The Hall–Kier alpha value is -4.52. The minimum Gasteiger partial charge on any atom is -0.376 e. The Labute approximate surface area is 197 Å². The fourth-order valence-electron chi connectivity index (χ4n) is 3.96. The molecule has 7 heteroatoms. The van der Waals surface area contributed by atoms with Gasteiger partial charge >= 0.3 is 0 Å². The molecule has 0 aliphatic rings. The van der Waals surface area contributed by atoms with Crippen LogP contribution in [0, 0.1) is 0 Å². The van der Waals surface area contributed by atoms with Crippen LogP contribution in [0.2, 0.25) is 0 Å². The summed E-state index contributed by atoms with van der Waals surface area (Å²) in [5, 5.41) is 10.7. The first-order valence-corrected chi connectivity index (χ1v) is 11.0. The van der Waals surface area contributed by atoms with Gasteiger partial charge in [0.1, 0.15) is 5.69 Å². The van der Waals surface area contributed by atoms with E-state index in [9.17, 15) is 0 Å². The van der Waals surface area contributed by atoms with Crippen molar-refractivity contribution in [2.24, 2.45) is 0 Å². The normalized spacial score (nSPS) is 12.4. The van der Waals surface area contributed by atoms with Crippen molar-refractivity contribution in [3.8, 4) is 22.6 Å². The van der Waals surface area contributed by atoms with Crippen LogP contribution < -0.4 is 15.5 Å². The molecule has 0 spiro atoms. The lowest BCUT2D eigenvalue weighted by molar-refractivity contribution is 1.06. The molecule has 0 saturated carbocycles. The number of pyridine rings is 3. The van der Waals surface area contributed by atoms with E-state index in [1.165, 1.54) is 0 Å². The highest BCUT2D eigenvalue weighted by molar-refractivity contribution is 5.96. The van der Waals surface area contributed by atoms with Crippen LogP contribution in [0.5, 0.6) is 0 Å². The van der Waals surface area contributed by atoms with E-state index < -0.39 is 0 Å². The van der Waals surface area contributed by atoms with Gasteiger partial charge in [0.25, 0.3) is 0 Å². The van der Waals surface area contributed by atoms with Crippen LogP contribution in [-0.4, -0.2) is 44.2 Å². The zero-order chi connectivity index (χ0) is 23.7. The standard InChI is InChI=1S/C27H25N7/c1-5-23-21(11-17(2)19-12-20(34(3)4)16-29-15-19)27(33-32-23)25-13-22-24(31-25)8-10-30-26(22)18-7-6-9-28-14-18/h5-16,31-32H,2H2,1,3-4H3/b21-11+,23-5+. The number of hydrogen-bond donors (Lipinski definition) is 2. The molecule has 0 radical (unpaired) electrons. The second kappa shape index (κ2) is 8.78. The first-order chi connectivity index (χ1) is 16.5. The molecule has 168 valence electrons. The van der Waals surface area contributed by atoms with Gasteiger partial charge in [-0.3, -0.25) is 20.1 Å². The monoisotopic (exact) mass is 447 g/mol. The summed E-state index contributed by atoms with van der Waals surface area (Å²) in [6, 6.07) is 10.1. The molecule has 0 bridgehead atoms. The van der Waals surface area contributed by atoms with Crippen molar-refractivity contribution in [1.82, 2.24) is 30.1 Å². The molecule has 0 atom stereocenters. The predicted molar refractivity (Wildman–Crippen MR) is 138 cm³/mol. The van der Waals surface area contributed by atoms with E-state index in [-0.39, 0.29) is 0 Å². The van der Waals surface area contributed by atoms with Gasteiger partial charge in [-0.15, -0.1) is 0 Å². The number of H-pyrrole nitrogens is 2. The van der Waals surface area contributed by atoms with Gasteiger partial charge in [0.05, 0.1) is 28.6 Å². The van der Waals surface area contributed by atoms with E-state index in [1.807, 2.05) is 68.8 Å². The van der Waals surface area contributed by atoms with Crippen molar-refractivity contribution >= 4 is 34.3 Å². The largest absolute Gasteiger partial charge is 0.376 e. The summed E-state index contributed by atoms with van der Waals surface area (Å²) in [4.78, 5) is 18.8. The fourth-order valence-corrected chi connectivity index (χ4v) is 3.96. The van der Waals surface area contributed by atoms with Crippen molar-refractivity contribution in [2.45, 2.75) is 6.92 Å². The van der Waals surface area contributed by atoms with E-state index >= 15 is 0 Å². The minimum atomic E-state index is 0.819. The molecule has 0 unspecified atom stereocenters. The van der Waals surface area contributed by atoms with Crippen LogP contribution in [0.3, 0.4) is 0 Å². The maximum Gasteiger partial charge on any atom is 0.116 e. The summed E-state index contributed by atoms with van der Waals surface area (Å²) in [5.41, 5.74) is 7.39. The Balaban J connectivity index is 1.64. The lowest BCUT2D eigenvalue weighted by Crippen LogP contribution is -2.23. The molecule has 0 aliphatic heterocycles. The predicted octanol–water partition coefficient (Wildman–Crippen LogP) is 3.77. The summed E-state index contributed by atoms with van der Waals surface area (Å²) in [6.07, 6.45) is 13.1. The number of anilines is 1. The van der Waals surface area contributed by atoms with Crippen molar-refractivity contribution in [3.63, 3.8) is 0 Å². The first-order valence-electron chi connectivity index (χ1n) is 11.0. The molecule has 0 saturated heterocycles. The Kier molecular flexibility index (Phi) is 5.51. The number of aromatic nitrogens is 6. The van der Waals surface area contributed by atoms with Gasteiger partial charge < -0.3 is 9.88 Å². The van der Waals surface area contributed by atoms with Crippen LogP contribution in [0.4, 0.5) is 5.69 Å². The van der Waals surface area contributed by atoms with Crippen LogP contribution in [-0.2, 0) is 0 Å². The van der Waals surface area contributed by atoms with Gasteiger partial charge in [-0.2, -0.15) is 5.10 Å². The van der Waals surface area contributed by atoms with Gasteiger partial charge in [0, 0.05) is 66.1 Å². The van der Waals surface area contributed by atoms with Crippen LogP contribution in [0.1, 0.15) is 12.5 Å². The lowest BCUT2D eigenvalue weighted by Gasteiger charge is -2.12. The average molecular weight is 448 g/mol. The Bertz CT molecular complexity index is 1610. The highest BCUT2D eigenvalue weighted by atomic mass is 15.1. The summed E-state index contributed by atoms with van der Waals surface area (Å²) in [6.45, 7) is 6.30. The summed E-state index contributed by atoms with van der Waals surface area (Å²) >= 11 is 0. The van der Waals surface area contributed by atoms with Crippen molar-refractivity contribution in [2.75, 3.05) is 19.0 Å². The first kappa shape index (κ1) is 21.3. The molecule has 5 aromatic heterocycles. The molecule has 5 heterocycles. The molecule has 7 nitrogen and oxygen atoms in total. The smallest absolute Gasteiger partial charge is 0.116 e. The van der Waals surface area contributed by atoms with Crippen molar-refractivity contribution in [1.29, 1.82) is 0 Å². The zero-order valence-electron chi connectivity index (χ0n) is 19.4. The molecule has 2 N–H and O–H groups in total. The van der Waals surface area contributed by atoms with Gasteiger partial charge in [-0.1, -0.05) is 12.7 Å². The van der Waals surface area contributed by atoms with Crippen LogP contribution >= 0.6 is 0 Å².